The zero-order chi connectivity index (χ0) is 22.2. The zero-order valence-corrected chi connectivity index (χ0v) is 18.3. The van der Waals surface area contributed by atoms with Crippen molar-refractivity contribution in [1.82, 2.24) is 5.16 Å². The molecule has 1 heterocycles. The molecule has 1 aromatic heterocycles. The van der Waals surface area contributed by atoms with Crippen molar-refractivity contribution in [2.45, 2.75) is 65.7 Å². The van der Waals surface area contributed by atoms with Gasteiger partial charge in [0.1, 0.15) is 11.5 Å². The van der Waals surface area contributed by atoms with E-state index >= 15 is 0 Å². The molecule has 31 heavy (non-hydrogen) atoms. The fraction of sp³-hybridized carbons (Fsp3) is 0.440. The van der Waals surface area contributed by atoms with Gasteiger partial charge in [-0.05, 0) is 37.3 Å². The Balaban J connectivity index is 1.64. The molecule has 2 aliphatic rings. The number of benzene rings is 1. The molecule has 1 fully saturated rings. The second-order valence-electron chi connectivity index (χ2n) is 9.36. The number of carbonyl (C=O) groups is 2. The number of rotatable bonds is 4. The Morgan fingerprint density at radius 2 is 1.87 bits per heavy atom. The zero-order valence-electron chi connectivity index (χ0n) is 18.3. The fourth-order valence-corrected chi connectivity index (χ4v) is 4.40. The monoisotopic (exact) mass is 420 g/mol. The highest BCUT2D eigenvalue weighted by atomic mass is 16.5. The predicted molar refractivity (Wildman–Crippen MR) is 118 cm³/mol. The Hall–Kier alpha value is -3.02. The van der Waals surface area contributed by atoms with Crippen LogP contribution in [0.1, 0.15) is 73.3 Å². The standard InChI is InChI=1S/C25H28N2O4/c1-15-7-9-16(10-8-15)26-18-13-25(2,3)14-21(30)23(18)20(29)12-11-17-24-19(28)5-4-6-22(24)31-27-17/h7-10,29H,4-6,11-14H2,1-3H3. The summed E-state index contributed by atoms with van der Waals surface area (Å²) in [6, 6.07) is 7.78. The van der Waals surface area contributed by atoms with Crippen LogP contribution in [0, 0.1) is 12.3 Å². The molecule has 4 rings (SSSR count). The number of ketones is 2. The van der Waals surface area contributed by atoms with E-state index in [2.05, 4.69) is 5.16 Å². The average Bonchev–Trinajstić information content (AvgIpc) is 3.11. The fourth-order valence-electron chi connectivity index (χ4n) is 4.40. The Bertz CT molecular complexity index is 1090. The number of Topliss-reactive ketones (excluding diaryl/α,β-unsaturated/α-hetero) is 2. The number of aryl methyl sites for hydroxylation is 3. The summed E-state index contributed by atoms with van der Waals surface area (Å²) in [5.74, 6) is 0.585. The molecule has 0 bridgehead atoms. The van der Waals surface area contributed by atoms with E-state index in [0.29, 0.717) is 60.4 Å². The van der Waals surface area contributed by atoms with Crippen LogP contribution in [0.2, 0.25) is 0 Å². The number of fused-ring (bicyclic) bond motifs is 1. The molecule has 162 valence electrons. The normalized spacial score (nSPS) is 21.3. The maximum atomic E-state index is 13.0. The van der Waals surface area contributed by atoms with Crippen molar-refractivity contribution >= 4 is 23.0 Å². The van der Waals surface area contributed by atoms with Gasteiger partial charge in [0.2, 0.25) is 0 Å². The predicted octanol–water partition coefficient (Wildman–Crippen LogP) is 5.41. The molecule has 2 aromatic rings. The molecule has 1 aromatic carbocycles. The van der Waals surface area contributed by atoms with E-state index in [0.717, 1.165) is 17.7 Å². The van der Waals surface area contributed by atoms with E-state index in [4.69, 9.17) is 9.52 Å². The molecule has 0 saturated heterocycles. The topological polar surface area (TPSA) is 92.8 Å². The number of aliphatic imine (C=N–C) groups is 1. The Labute approximate surface area is 182 Å². The van der Waals surface area contributed by atoms with E-state index in [9.17, 15) is 14.7 Å². The third kappa shape index (κ3) is 4.53. The SMILES string of the molecule is Cc1ccc(N=C2CC(C)(C)CC(=O)C2=C(O)CCc2noc3c2C(=O)CCC3)cc1. The molecule has 0 radical (unpaired) electrons. The lowest BCUT2D eigenvalue weighted by atomic mass is 9.73. The molecule has 0 aliphatic heterocycles. The van der Waals surface area contributed by atoms with Crippen LogP contribution in [0.15, 0.2) is 45.1 Å². The van der Waals surface area contributed by atoms with Gasteiger partial charge in [-0.1, -0.05) is 36.7 Å². The molecule has 2 aliphatic carbocycles. The van der Waals surface area contributed by atoms with Crippen LogP contribution in [-0.4, -0.2) is 27.5 Å². The molecular weight excluding hydrogens is 392 g/mol. The third-order valence-electron chi connectivity index (χ3n) is 5.96. The molecule has 1 saturated carbocycles. The van der Waals surface area contributed by atoms with E-state index in [-0.39, 0.29) is 29.2 Å². The van der Waals surface area contributed by atoms with Gasteiger partial charge in [0.15, 0.2) is 11.6 Å². The van der Waals surface area contributed by atoms with Gasteiger partial charge in [0.05, 0.1) is 28.2 Å². The number of allylic oxidation sites excluding steroid dienone is 2. The van der Waals surface area contributed by atoms with Crippen LogP contribution >= 0.6 is 0 Å². The number of carbonyl (C=O) groups excluding carboxylic acids is 2. The van der Waals surface area contributed by atoms with Gasteiger partial charge in [0, 0.05) is 32.1 Å². The first-order valence-corrected chi connectivity index (χ1v) is 10.8. The minimum absolute atomic E-state index is 0.00590. The minimum atomic E-state index is -0.220. The van der Waals surface area contributed by atoms with Gasteiger partial charge in [-0.15, -0.1) is 0 Å². The lowest BCUT2D eigenvalue weighted by molar-refractivity contribution is -0.117. The lowest BCUT2D eigenvalue weighted by Crippen LogP contribution is -2.32. The summed E-state index contributed by atoms with van der Waals surface area (Å²) >= 11 is 0. The van der Waals surface area contributed by atoms with Crippen LogP contribution < -0.4 is 0 Å². The number of hydrogen-bond acceptors (Lipinski definition) is 6. The van der Waals surface area contributed by atoms with E-state index in [1.165, 1.54) is 0 Å². The summed E-state index contributed by atoms with van der Waals surface area (Å²) in [4.78, 5) is 30.0. The summed E-state index contributed by atoms with van der Waals surface area (Å²) in [7, 11) is 0. The molecule has 0 spiro atoms. The van der Waals surface area contributed by atoms with Crippen molar-refractivity contribution in [3.05, 3.63) is 58.2 Å². The summed E-state index contributed by atoms with van der Waals surface area (Å²) in [6.07, 6.45) is 3.49. The van der Waals surface area contributed by atoms with Gasteiger partial charge < -0.3 is 9.63 Å². The Morgan fingerprint density at radius 3 is 2.61 bits per heavy atom. The summed E-state index contributed by atoms with van der Waals surface area (Å²) in [6.45, 7) is 6.09. The third-order valence-corrected chi connectivity index (χ3v) is 5.96. The van der Waals surface area contributed by atoms with Crippen molar-refractivity contribution in [3.8, 4) is 0 Å². The maximum Gasteiger partial charge on any atom is 0.168 e. The van der Waals surface area contributed by atoms with Gasteiger partial charge in [-0.3, -0.25) is 14.6 Å². The quantitative estimate of drug-likeness (QED) is 0.527. The van der Waals surface area contributed by atoms with Crippen molar-refractivity contribution in [2.24, 2.45) is 10.4 Å². The van der Waals surface area contributed by atoms with Gasteiger partial charge in [-0.2, -0.15) is 0 Å². The number of aromatic nitrogens is 1. The van der Waals surface area contributed by atoms with Gasteiger partial charge >= 0.3 is 0 Å². The van der Waals surface area contributed by atoms with Gasteiger partial charge in [-0.25, -0.2) is 0 Å². The highest BCUT2D eigenvalue weighted by Gasteiger charge is 2.36. The number of nitrogens with zero attached hydrogens (tertiary/aromatic N) is 2. The molecule has 0 unspecified atom stereocenters. The van der Waals surface area contributed by atoms with Crippen molar-refractivity contribution in [2.75, 3.05) is 0 Å². The van der Waals surface area contributed by atoms with Crippen molar-refractivity contribution in [3.63, 3.8) is 0 Å². The molecule has 0 amide bonds. The number of aliphatic hydroxyl groups is 1. The Kier molecular flexibility index (Phi) is 5.65. The van der Waals surface area contributed by atoms with Crippen molar-refractivity contribution in [1.29, 1.82) is 0 Å². The van der Waals surface area contributed by atoms with E-state index < -0.39 is 0 Å². The molecule has 0 atom stereocenters. The first-order valence-electron chi connectivity index (χ1n) is 10.8. The van der Waals surface area contributed by atoms with Gasteiger partial charge in [0.25, 0.3) is 0 Å². The van der Waals surface area contributed by atoms with Crippen LogP contribution in [-0.2, 0) is 17.6 Å². The molecular formula is C25H28N2O4. The first kappa shape index (κ1) is 21.2. The molecule has 6 heteroatoms. The number of aliphatic hydroxyl groups excluding tert-OH is 1. The number of hydrogen-bond donors (Lipinski definition) is 1. The van der Waals surface area contributed by atoms with Crippen LogP contribution in [0.5, 0.6) is 0 Å². The smallest absolute Gasteiger partial charge is 0.168 e. The summed E-state index contributed by atoms with van der Waals surface area (Å²) < 4.78 is 5.33. The van der Waals surface area contributed by atoms with Crippen LogP contribution in [0.3, 0.4) is 0 Å². The lowest BCUT2D eigenvalue weighted by Gasteiger charge is -2.31. The summed E-state index contributed by atoms with van der Waals surface area (Å²) in [5.41, 5.74) is 3.72. The first-order chi connectivity index (χ1) is 14.7. The largest absolute Gasteiger partial charge is 0.511 e. The highest BCUT2D eigenvalue weighted by Crippen LogP contribution is 2.37. The summed E-state index contributed by atoms with van der Waals surface area (Å²) in [5, 5.41) is 15.0. The maximum absolute atomic E-state index is 13.0. The van der Waals surface area contributed by atoms with Crippen molar-refractivity contribution < 1.29 is 19.2 Å². The second kappa shape index (κ2) is 8.25. The van der Waals surface area contributed by atoms with E-state index in [1.807, 2.05) is 45.0 Å². The van der Waals surface area contributed by atoms with Crippen LogP contribution in [0.25, 0.3) is 0 Å². The molecule has 6 nitrogen and oxygen atoms in total. The van der Waals surface area contributed by atoms with E-state index in [1.54, 1.807) is 0 Å². The highest BCUT2D eigenvalue weighted by molar-refractivity contribution is 6.25. The minimum Gasteiger partial charge on any atom is -0.511 e. The molecule has 1 N–H and O–H groups in total. The second-order valence-corrected chi connectivity index (χ2v) is 9.36. The van der Waals surface area contributed by atoms with Crippen LogP contribution in [0.4, 0.5) is 5.69 Å². The average molecular weight is 421 g/mol. The Morgan fingerprint density at radius 1 is 1.13 bits per heavy atom.